The van der Waals surface area contributed by atoms with Crippen molar-refractivity contribution in [3.8, 4) is 0 Å². The predicted octanol–water partition coefficient (Wildman–Crippen LogP) is 2.45. The minimum Gasteiger partial charge on any atom is -0.327 e. The van der Waals surface area contributed by atoms with E-state index in [9.17, 15) is 0 Å². The second-order valence-electron chi connectivity index (χ2n) is 4.76. The summed E-state index contributed by atoms with van der Waals surface area (Å²) in [5.74, 6) is 1.56. The molecule has 1 saturated carbocycles. The van der Waals surface area contributed by atoms with Crippen molar-refractivity contribution in [2.45, 2.75) is 37.6 Å². The van der Waals surface area contributed by atoms with E-state index in [0.29, 0.717) is 6.04 Å². The Hall–Kier alpha value is -0.820. The van der Waals surface area contributed by atoms with Crippen molar-refractivity contribution in [1.82, 2.24) is 0 Å². The minimum atomic E-state index is 0.492. The van der Waals surface area contributed by atoms with Crippen molar-refractivity contribution in [3.05, 3.63) is 35.4 Å². The fourth-order valence-corrected chi connectivity index (χ4v) is 2.93. The van der Waals surface area contributed by atoms with Gasteiger partial charge in [-0.15, -0.1) is 0 Å². The van der Waals surface area contributed by atoms with E-state index < -0.39 is 0 Å². The third-order valence-corrected chi connectivity index (χ3v) is 3.82. The van der Waals surface area contributed by atoms with Crippen LogP contribution >= 0.6 is 0 Å². The summed E-state index contributed by atoms with van der Waals surface area (Å²) < 4.78 is 0. The van der Waals surface area contributed by atoms with Crippen molar-refractivity contribution in [1.29, 1.82) is 0 Å². The van der Waals surface area contributed by atoms with Gasteiger partial charge in [-0.1, -0.05) is 24.3 Å². The molecule has 0 amide bonds. The molecule has 3 rings (SSSR count). The SMILES string of the molecule is NC1CC1C1CCCc2ccccc21. The van der Waals surface area contributed by atoms with Crippen LogP contribution in [0.25, 0.3) is 0 Å². The summed E-state index contributed by atoms with van der Waals surface area (Å²) in [6, 6.07) is 9.42. The molecule has 2 aliphatic carbocycles. The van der Waals surface area contributed by atoms with E-state index in [4.69, 9.17) is 5.73 Å². The summed E-state index contributed by atoms with van der Waals surface area (Å²) in [7, 11) is 0. The van der Waals surface area contributed by atoms with Crippen molar-refractivity contribution in [2.24, 2.45) is 11.7 Å². The highest BCUT2D eigenvalue weighted by Gasteiger charge is 2.41. The van der Waals surface area contributed by atoms with E-state index in [0.717, 1.165) is 11.8 Å². The van der Waals surface area contributed by atoms with Gasteiger partial charge >= 0.3 is 0 Å². The molecule has 0 bridgehead atoms. The molecule has 0 saturated heterocycles. The molecule has 1 heteroatoms. The summed E-state index contributed by atoms with van der Waals surface area (Å²) >= 11 is 0. The minimum absolute atomic E-state index is 0.492. The number of nitrogens with two attached hydrogens (primary N) is 1. The quantitative estimate of drug-likeness (QED) is 0.718. The third-order valence-electron chi connectivity index (χ3n) is 3.82. The van der Waals surface area contributed by atoms with Gasteiger partial charge in [0.05, 0.1) is 0 Å². The van der Waals surface area contributed by atoms with Gasteiger partial charge in [0.2, 0.25) is 0 Å². The third kappa shape index (κ3) is 1.27. The van der Waals surface area contributed by atoms with E-state index in [2.05, 4.69) is 24.3 Å². The fourth-order valence-electron chi connectivity index (χ4n) is 2.93. The second kappa shape index (κ2) is 3.09. The molecule has 0 radical (unpaired) electrons. The van der Waals surface area contributed by atoms with Gasteiger partial charge in [-0.25, -0.2) is 0 Å². The lowest BCUT2D eigenvalue weighted by atomic mass is 9.80. The normalized spacial score (nSPS) is 35.1. The van der Waals surface area contributed by atoms with Gasteiger partial charge in [0.1, 0.15) is 0 Å². The lowest BCUT2D eigenvalue weighted by molar-refractivity contribution is 0.495. The molecule has 0 spiro atoms. The summed E-state index contributed by atoms with van der Waals surface area (Å²) in [5, 5.41) is 0. The highest BCUT2D eigenvalue weighted by atomic mass is 14.8. The van der Waals surface area contributed by atoms with Crippen molar-refractivity contribution in [2.75, 3.05) is 0 Å². The van der Waals surface area contributed by atoms with Crippen LogP contribution in [0.1, 0.15) is 36.3 Å². The van der Waals surface area contributed by atoms with Crippen LogP contribution in [0.15, 0.2) is 24.3 Å². The Bertz CT molecular complexity index is 345. The fraction of sp³-hybridized carbons (Fsp3) is 0.538. The highest BCUT2D eigenvalue weighted by Crippen LogP contribution is 2.47. The first-order valence-electron chi connectivity index (χ1n) is 5.69. The summed E-state index contributed by atoms with van der Waals surface area (Å²) in [6.07, 6.45) is 5.23. The average molecular weight is 187 g/mol. The number of hydrogen-bond donors (Lipinski definition) is 1. The van der Waals surface area contributed by atoms with Gasteiger partial charge in [0.25, 0.3) is 0 Å². The van der Waals surface area contributed by atoms with Gasteiger partial charge in [-0.05, 0) is 48.6 Å². The smallest absolute Gasteiger partial charge is 0.00770 e. The average Bonchev–Trinajstić information content (AvgIpc) is 2.95. The zero-order chi connectivity index (χ0) is 9.54. The monoisotopic (exact) mass is 187 g/mol. The summed E-state index contributed by atoms with van der Waals surface area (Å²) in [6.45, 7) is 0. The van der Waals surface area contributed by atoms with E-state index >= 15 is 0 Å². The number of hydrogen-bond acceptors (Lipinski definition) is 1. The van der Waals surface area contributed by atoms with E-state index in [1.54, 1.807) is 11.1 Å². The lowest BCUT2D eigenvalue weighted by Crippen LogP contribution is -2.15. The zero-order valence-corrected chi connectivity index (χ0v) is 8.45. The van der Waals surface area contributed by atoms with Crippen molar-refractivity contribution >= 4 is 0 Å². The molecule has 0 aliphatic heterocycles. The maximum Gasteiger partial charge on any atom is 0.00770 e. The Morgan fingerprint density at radius 2 is 2.00 bits per heavy atom. The Labute approximate surface area is 85.3 Å². The maximum absolute atomic E-state index is 5.95. The molecule has 1 aromatic rings. The van der Waals surface area contributed by atoms with Crippen LogP contribution in [-0.2, 0) is 6.42 Å². The Morgan fingerprint density at radius 1 is 1.21 bits per heavy atom. The number of aryl methyl sites for hydroxylation is 1. The molecular weight excluding hydrogens is 170 g/mol. The number of benzene rings is 1. The van der Waals surface area contributed by atoms with Gasteiger partial charge in [0, 0.05) is 6.04 Å². The molecule has 1 aromatic carbocycles. The molecule has 3 atom stereocenters. The molecule has 2 N–H and O–H groups in total. The Kier molecular flexibility index (Phi) is 1.88. The summed E-state index contributed by atoms with van der Waals surface area (Å²) in [4.78, 5) is 0. The van der Waals surface area contributed by atoms with Crippen molar-refractivity contribution in [3.63, 3.8) is 0 Å². The van der Waals surface area contributed by atoms with E-state index in [1.165, 1.54) is 25.7 Å². The second-order valence-corrected chi connectivity index (χ2v) is 4.76. The first-order chi connectivity index (χ1) is 6.86. The standard InChI is InChI=1S/C13H17N/c14-13-8-12(13)11-7-3-5-9-4-1-2-6-10(9)11/h1-2,4,6,11-13H,3,5,7-8,14H2. The maximum atomic E-state index is 5.95. The van der Waals surface area contributed by atoms with Crippen molar-refractivity contribution < 1.29 is 0 Å². The van der Waals surface area contributed by atoms with Crippen LogP contribution in [-0.4, -0.2) is 6.04 Å². The molecule has 1 nitrogen and oxygen atoms in total. The van der Waals surface area contributed by atoms with E-state index in [1.807, 2.05) is 0 Å². The highest BCUT2D eigenvalue weighted by molar-refractivity contribution is 5.34. The molecule has 74 valence electrons. The predicted molar refractivity (Wildman–Crippen MR) is 58.2 cm³/mol. The van der Waals surface area contributed by atoms with Crippen LogP contribution < -0.4 is 5.73 Å². The van der Waals surface area contributed by atoms with Crippen LogP contribution in [0.2, 0.25) is 0 Å². The molecule has 0 aromatic heterocycles. The van der Waals surface area contributed by atoms with Gasteiger partial charge < -0.3 is 5.73 Å². The van der Waals surface area contributed by atoms with Gasteiger partial charge in [0.15, 0.2) is 0 Å². The molecule has 0 heterocycles. The largest absolute Gasteiger partial charge is 0.327 e. The molecule has 14 heavy (non-hydrogen) atoms. The number of rotatable bonds is 1. The molecule has 1 fully saturated rings. The van der Waals surface area contributed by atoms with E-state index in [-0.39, 0.29) is 0 Å². The number of fused-ring (bicyclic) bond motifs is 1. The zero-order valence-electron chi connectivity index (χ0n) is 8.45. The van der Waals surface area contributed by atoms with Gasteiger partial charge in [-0.3, -0.25) is 0 Å². The topological polar surface area (TPSA) is 26.0 Å². The van der Waals surface area contributed by atoms with Crippen LogP contribution in [0, 0.1) is 5.92 Å². The van der Waals surface area contributed by atoms with Gasteiger partial charge in [-0.2, -0.15) is 0 Å². The lowest BCUT2D eigenvalue weighted by Gasteiger charge is -2.25. The Morgan fingerprint density at radius 3 is 2.79 bits per heavy atom. The molecule has 2 aliphatic rings. The summed E-state index contributed by atoms with van der Waals surface area (Å²) in [5.41, 5.74) is 9.12. The first-order valence-corrected chi connectivity index (χ1v) is 5.69. The molecular formula is C13H17N. The molecule has 3 unspecified atom stereocenters. The Balaban J connectivity index is 1.95. The van der Waals surface area contributed by atoms with Crippen LogP contribution in [0.4, 0.5) is 0 Å². The van der Waals surface area contributed by atoms with Crippen LogP contribution in [0.3, 0.4) is 0 Å². The van der Waals surface area contributed by atoms with Crippen LogP contribution in [0.5, 0.6) is 0 Å². The first kappa shape index (κ1) is 8.49.